The normalized spacial score (nSPS) is 12.5. The molecule has 0 saturated heterocycles. The number of nitrogens with zero attached hydrogens (tertiary/aromatic N) is 2. The lowest BCUT2D eigenvalue weighted by Gasteiger charge is -2.05. The zero-order valence-corrected chi connectivity index (χ0v) is 12.2. The van der Waals surface area contributed by atoms with Crippen molar-refractivity contribution >= 4 is 17.2 Å². The number of hydrogen-bond donors (Lipinski definition) is 2. The van der Waals surface area contributed by atoms with Crippen LogP contribution in [0.25, 0.3) is 22.3 Å². The lowest BCUT2D eigenvalue weighted by molar-refractivity contribution is 0.832. The van der Waals surface area contributed by atoms with Crippen LogP contribution < -0.4 is 0 Å². The summed E-state index contributed by atoms with van der Waals surface area (Å²) in [5.41, 5.74) is 4.88. The minimum absolute atomic E-state index is 0.100. The van der Waals surface area contributed by atoms with Crippen molar-refractivity contribution in [1.82, 2.24) is 15.0 Å². The highest BCUT2D eigenvalue weighted by Gasteiger charge is 2.15. The Kier molecular flexibility index (Phi) is 3.52. The molecular formula is C17H18N4. The Bertz CT molecular complexity index is 774. The van der Waals surface area contributed by atoms with E-state index < -0.39 is 0 Å². The molecule has 4 nitrogen and oxygen atoms in total. The molecule has 1 atom stereocenters. The number of aromatic amines is 1. The molecule has 0 aliphatic heterocycles. The average Bonchev–Trinajstić information content (AvgIpc) is 2.92. The maximum atomic E-state index is 7.55. The fourth-order valence-electron chi connectivity index (χ4n) is 2.58. The van der Waals surface area contributed by atoms with E-state index in [1.807, 2.05) is 31.2 Å². The van der Waals surface area contributed by atoms with Crippen LogP contribution in [0.4, 0.5) is 0 Å². The summed E-state index contributed by atoms with van der Waals surface area (Å²) in [7, 11) is 0. The van der Waals surface area contributed by atoms with E-state index in [2.05, 4.69) is 34.0 Å². The van der Waals surface area contributed by atoms with Crippen LogP contribution in [0.2, 0.25) is 0 Å². The average molecular weight is 278 g/mol. The Labute approximate surface area is 123 Å². The van der Waals surface area contributed by atoms with Gasteiger partial charge in [0.05, 0.1) is 16.7 Å². The molecule has 3 rings (SSSR count). The van der Waals surface area contributed by atoms with Crippen LogP contribution in [-0.2, 0) is 0 Å². The van der Waals surface area contributed by atoms with Gasteiger partial charge >= 0.3 is 0 Å². The van der Waals surface area contributed by atoms with Gasteiger partial charge in [-0.3, -0.25) is 0 Å². The number of H-pyrrole nitrogens is 1. The zero-order valence-electron chi connectivity index (χ0n) is 12.2. The molecule has 2 heterocycles. The maximum absolute atomic E-state index is 7.55. The van der Waals surface area contributed by atoms with Gasteiger partial charge in [0.2, 0.25) is 0 Å². The van der Waals surface area contributed by atoms with Crippen molar-refractivity contribution in [3.05, 3.63) is 47.9 Å². The first-order chi connectivity index (χ1) is 10.2. The highest BCUT2D eigenvalue weighted by atomic mass is 14.9. The molecule has 106 valence electrons. The van der Waals surface area contributed by atoms with Crippen molar-refractivity contribution in [1.29, 1.82) is 5.41 Å². The summed E-state index contributed by atoms with van der Waals surface area (Å²) < 4.78 is 0. The Morgan fingerprint density at radius 2 is 2.00 bits per heavy atom. The summed E-state index contributed by atoms with van der Waals surface area (Å²) in [6.07, 6.45) is 2.37. The molecule has 1 aromatic carbocycles. The molecule has 2 N–H and O–H groups in total. The number of nitrogens with one attached hydrogen (secondary N) is 2. The smallest absolute Gasteiger partial charge is 0.126 e. The number of aromatic nitrogens is 3. The van der Waals surface area contributed by atoms with E-state index >= 15 is 0 Å². The summed E-state index contributed by atoms with van der Waals surface area (Å²) in [5, 5.41) is 7.55. The van der Waals surface area contributed by atoms with E-state index in [1.54, 1.807) is 0 Å². The van der Waals surface area contributed by atoms with Gasteiger partial charge in [-0.05, 0) is 19.4 Å². The number of fused-ring (bicyclic) bond motifs is 1. The van der Waals surface area contributed by atoms with Gasteiger partial charge in [0, 0.05) is 23.4 Å². The van der Waals surface area contributed by atoms with Crippen LogP contribution in [0.1, 0.15) is 30.8 Å². The molecule has 0 saturated carbocycles. The highest BCUT2D eigenvalue weighted by molar-refractivity contribution is 5.90. The zero-order chi connectivity index (χ0) is 14.8. The summed E-state index contributed by atoms with van der Waals surface area (Å²) in [6.45, 7) is 3.99. The van der Waals surface area contributed by atoms with E-state index in [9.17, 15) is 0 Å². The lowest BCUT2D eigenvalue weighted by Crippen LogP contribution is -1.97. The van der Waals surface area contributed by atoms with E-state index in [0.29, 0.717) is 0 Å². The summed E-state index contributed by atoms with van der Waals surface area (Å²) in [4.78, 5) is 12.5. The van der Waals surface area contributed by atoms with Gasteiger partial charge < -0.3 is 10.4 Å². The highest BCUT2D eigenvalue weighted by Crippen LogP contribution is 2.28. The maximum Gasteiger partial charge on any atom is 0.126 e. The Morgan fingerprint density at radius 1 is 1.24 bits per heavy atom. The van der Waals surface area contributed by atoms with Crippen molar-refractivity contribution < 1.29 is 0 Å². The molecule has 3 aromatic rings. The van der Waals surface area contributed by atoms with Crippen molar-refractivity contribution in [3.63, 3.8) is 0 Å². The van der Waals surface area contributed by atoms with Gasteiger partial charge in [0.1, 0.15) is 5.82 Å². The van der Waals surface area contributed by atoms with Crippen molar-refractivity contribution in [2.75, 3.05) is 0 Å². The van der Waals surface area contributed by atoms with Gasteiger partial charge in [-0.25, -0.2) is 9.97 Å². The molecule has 0 aliphatic rings. The molecule has 0 spiro atoms. The molecule has 21 heavy (non-hydrogen) atoms. The predicted molar refractivity (Wildman–Crippen MR) is 85.9 cm³/mol. The van der Waals surface area contributed by atoms with E-state index in [0.717, 1.165) is 40.2 Å². The third-order valence-electron chi connectivity index (χ3n) is 3.70. The lowest BCUT2D eigenvalue weighted by atomic mass is 10.0. The predicted octanol–water partition coefficient (Wildman–Crippen LogP) is 4.08. The first-order valence-corrected chi connectivity index (χ1v) is 7.16. The molecule has 0 bridgehead atoms. The van der Waals surface area contributed by atoms with Crippen LogP contribution >= 0.6 is 0 Å². The monoisotopic (exact) mass is 278 g/mol. The minimum Gasteiger partial charge on any atom is -0.355 e. The summed E-state index contributed by atoms with van der Waals surface area (Å²) in [5.74, 6) is 0.859. The second kappa shape index (κ2) is 5.48. The molecule has 0 radical (unpaired) electrons. The van der Waals surface area contributed by atoms with Crippen LogP contribution in [0.3, 0.4) is 0 Å². The van der Waals surface area contributed by atoms with E-state index in [-0.39, 0.29) is 5.92 Å². The molecule has 0 aliphatic carbocycles. The largest absolute Gasteiger partial charge is 0.355 e. The quantitative estimate of drug-likeness (QED) is 0.706. The van der Waals surface area contributed by atoms with Gasteiger partial charge in [0.25, 0.3) is 0 Å². The van der Waals surface area contributed by atoms with Crippen LogP contribution in [0.15, 0.2) is 36.4 Å². The number of benzene rings is 1. The number of hydrogen-bond acceptors (Lipinski definition) is 3. The number of aryl methyl sites for hydroxylation is 1. The third-order valence-corrected chi connectivity index (χ3v) is 3.70. The molecule has 2 aromatic heterocycles. The van der Waals surface area contributed by atoms with Gasteiger partial charge in [-0.15, -0.1) is 0 Å². The van der Waals surface area contributed by atoms with E-state index in [4.69, 9.17) is 5.41 Å². The van der Waals surface area contributed by atoms with Gasteiger partial charge in [-0.2, -0.15) is 0 Å². The second-order valence-electron chi connectivity index (χ2n) is 5.15. The van der Waals surface area contributed by atoms with Crippen LogP contribution in [0, 0.1) is 12.3 Å². The van der Waals surface area contributed by atoms with Gasteiger partial charge in [-0.1, -0.05) is 37.3 Å². The fourth-order valence-corrected chi connectivity index (χ4v) is 2.58. The molecule has 4 heteroatoms. The molecule has 0 unspecified atom stereocenters. The fraction of sp³-hybridized carbons (Fsp3) is 0.235. The van der Waals surface area contributed by atoms with Crippen molar-refractivity contribution in [2.45, 2.75) is 26.2 Å². The standard InChI is InChI=1S/C17H18N4/c1-3-12(10-18)14-9-15-17(21-14)16(20-11(2)19-15)13-7-5-4-6-8-13/h4-10,12,18,21H,3H2,1-2H3/t12-/m1/s1. The number of rotatable bonds is 4. The summed E-state index contributed by atoms with van der Waals surface area (Å²) >= 11 is 0. The topological polar surface area (TPSA) is 65.4 Å². The minimum atomic E-state index is 0.100. The Hall–Kier alpha value is -2.49. The van der Waals surface area contributed by atoms with E-state index in [1.165, 1.54) is 6.21 Å². The van der Waals surface area contributed by atoms with Crippen LogP contribution in [0.5, 0.6) is 0 Å². The van der Waals surface area contributed by atoms with Crippen molar-refractivity contribution in [3.8, 4) is 11.3 Å². The summed E-state index contributed by atoms with van der Waals surface area (Å²) in [6, 6.07) is 12.2. The van der Waals surface area contributed by atoms with Gasteiger partial charge in [0.15, 0.2) is 0 Å². The molecular weight excluding hydrogens is 260 g/mol. The molecule has 0 fully saturated rings. The molecule has 0 amide bonds. The van der Waals surface area contributed by atoms with Crippen molar-refractivity contribution in [2.24, 2.45) is 0 Å². The Balaban J connectivity index is 2.23. The SMILES string of the molecule is CC[C@H](C=N)c1cc2nc(C)nc(-c3ccccc3)c2[nH]1. The third kappa shape index (κ3) is 2.44. The first-order valence-electron chi connectivity index (χ1n) is 7.16. The second-order valence-corrected chi connectivity index (χ2v) is 5.15. The first kappa shape index (κ1) is 13.5. The van der Waals surface area contributed by atoms with Crippen LogP contribution in [-0.4, -0.2) is 21.2 Å². The Morgan fingerprint density at radius 3 is 2.67 bits per heavy atom.